The van der Waals surface area contributed by atoms with Crippen LogP contribution in [-0.2, 0) is 12.8 Å². The summed E-state index contributed by atoms with van der Waals surface area (Å²) >= 11 is 0. The van der Waals surface area contributed by atoms with Gasteiger partial charge in [-0.1, -0.05) is 26.8 Å². The standard InChI is InChI=1S/C17H19N3O/c1-4-11-6-5-7-18-15(11)16-19-10-12-13(20-16)8-17(2,3)9-14(12)21/h5-7,10H,4,8-9H2,1-3H3. The minimum absolute atomic E-state index is 0.0343. The molecule has 0 N–H and O–H groups in total. The van der Waals surface area contributed by atoms with E-state index in [4.69, 9.17) is 0 Å². The summed E-state index contributed by atoms with van der Waals surface area (Å²) in [5.74, 6) is 0.765. The molecule has 0 saturated carbocycles. The molecule has 0 atom stereocenters. The molecule has 2 aromatic rings. The molecule has 1 aliphatic rings. The monoisotopic (exact) mass is 281 g/mol. The van der Waals surface area contributed by atoms with Crippen LogP contribution < -0.4 is 0 Å². The Balaban J connectivity index is 2.10. The smallest absolute Gasteiger partial charge is 0.178 e. The van der Waals surface area contributed by atoms with E-state index in [1.54, 1.807) is 12.4 Å². The normalized spacial score (nSPS) is 16.6. The summed E-state index contributed by atoms with van der Waals surface area (Å²) in [7, 11) is 0. The number of carbonyl (C=O) groups is 1. The fourth-order valence-electron chi connectivity index (χ4n) is 2.87. The Morgan fingerprint density at radius 3 is 2.81 bits per heavy atom. The highest BCUT2D eigenvalue weighted by atomic mass is 16.1. The first-order chi connectivity index (χ1) is 10.00. The van der Waals surface area contributed by atoms with Crippen molar-refractivity contribution in [2.75, 3.05) is 0 Å². The Hall–Kier alpha value is -2.10. The number of aryl methyl sites for hydroxylation is 1. The van der Waals surface area contributed by atoms with Gasteiger partial charge < -0.3 is 0 Å². The van der Waals surface area contributed by atoms with E-state index in [2.05, 4.69) is 35.7 Å². The quantitative estimate of drug-likeness (QED) is 0.848. The van der Waals surface area contributed by atoms with E-state index in [0.29, 0.717) is 17.8 Å². The largest absolute Gasteiger partial charge is 0.294 e. The molecule has 0 aromatic carbocycles. The molecule has 4 heteroatoms. The number of Topliss-reactive ketones (excluding diaryl/α,β-unsaturated/α-hetero) is 1. The van der Waals surface area contributed by atoms with Crippen molar-refractivity contribution in [1.82, 2.24) is 15.0 Å². The maximum atomic E-state index is 12.2. The number of pyridine rings is 1. The maximum absolute atomic E-state index is 12.2. The highest BCUT2D eigenvalue weighted by Crippen LogP contribution is 2.34. The third-order valence-electron chi connectivity index (χ3n) is 3.94. The number of fused-ring (bicyclic) bond motifs is 1. The topological polar surface area (TPSA) is 55.7 Å². The second kappa shape index (κ2) is 5.02. The SMILES string of the molecule is CCc1cccnc1-c1ncc2c(n1)CC(C)(C)CC2=O. The lowest BCUT2D eigenvalue weighted by molar-refractivity contribution is 0.0910. The van der Waals surface area contributed by atoms with E-state index < -0.39 is 0 Å². The van der Waals surface area contributed by atoms with Crippen molar-refractivity contribution >= 4 is 5.78 Å². The van der Waals surface area contributed by atoms with Gasteiger partial charge in [0.25, 0.3) is 0 Å². The van der Waals surface area contributed by atoms with E-state index in [-0.39, 0.29) is 11.2 Å². The number of rotatable bonds is 2. The summed E-state index contributed by atoms with van der Waals surface area (Å²) in [5.41, 5.74) is 3.44. The molecule has 2 heterocycles. The number of hydrogen-bond donors (Lipinski definition) is 0. The molecule has 3 rings (SSSR count). The maximum Gasteiger partial charge on any atom is 0.178 e. The van der Waals surface area contributed by atoms with E-state index in [9.17, 15) is 4.79 Å². The molecular formula is C17H19N3O. The van der Waals surface area contributed by atoms with Crippen LogP contribution in [-0.4, -0.2) is 20.7 Å². The Bertz CT molecular complexity index is 707. The van der Waals surface area contributed by atoms with Gasteiger partial charge in [-0.05, 0) is 29.9 Å². The van der Waals surface area contributed by atoms with Crippen LogP contribution in [0.2, 0.25) is 0 Å². The first-order valence-electron chi connectivity index (χ1n) is 7.33. The number of aromatic nitrogens is 3. The van der Waals surface area contributed by atoms with E-state index in [1.165, 1.54) is 0 Å². The van der Waals surface area contributed by atoms with Crippen LogP contribution in [0.1, 0.15) is 48.8 Å². The van der Waals surface area contributed by atoms with E-state index in [0.717, 1.165) is 29.8 Å². The molecule has 1 aliphatic carbocycles. The van der Waals surface area contributed by atoms with Crippen molar-refractivity contribution in [2.24, 2.45) is 5.41 Å². The summed E-state index contributed by atoms with van der Waals surface area (Å²) in [6.45, 7) is 6.30. The van der Waals surface area contributed by atoms with Gasteiger partial charge in [-0.25, -0.2) is 9.97 Å². The third-order valence-corrected chi connectivity index (χ3v) is 3.94. The van der Waals surface area contributed by atoms with Crippen LogP contribution in [0.4, 0.5) is 0 Å². The summed E-state index contributed by atoms with van der Waals surface area (Å²) in [6.07, 6.45) is 5.67. The molecule has 108 valence electrons. The lowest BCUT2D eigenvalue weighted by Crippen LogP contribution is -2.28. The lowest BCUT2D eigenvalue weighted by atomic mass is 9.76. The Kier molecular flexibility index (Phi) is 3.32. The zero-order valence-electron chi connectivity index (χ0n) is 12.7. The molecule has 0 amide bonds. The molecule has 0 radical (unpaired) electrons. The van der Waals surface area contributed by atoms with Gasteiger partial charge in [0.1, 0.15) is 5.69 Å². The highest BCUT2D eigenvalue weighted by molar-refractivity contribution is 5.98. The fourth-order valence-corrected chi connectivity index (χ4v) is 2.87. The van der Waals surface area contributed by atoms with Gasteiger partial charge in [0.15, 0.2) is 11.6 Å². The van der Waals surface area contributed by atoms with E-state index in [1.807, 2.05) is 12.1 Å². The lowest BCUT2D eigenvalue weighted by Gasteiger charge is -2.29. The molecular weight excluding hydrogens is 262 g/mol. The minimum atomic E-state index is -0.0343. The van der Waals surface area contributed by atoms with Gasteiger partial charge in [-0.15, -0.1) is 0 Å². The first kappa shape index (κ1) is 13.9. The van der Waals surface area contributed by atoms with Gasteiger partial charge in [0.2, 0.25) is 0 Å². The van der Waals surface area contributed by atoms with Crippen LogP contribution in [0.15, 0.2) is 24.5 Å². The number of nitrogens with zero attached hydrogens (tertiary/aromatic N) is 3. The Labute approximate surface area is 124 Å². The fraction of sp³-hybridized carbons (Fsp3) is 0.412. The zero-order chi connectivity index (χ0) is 15.0. The van der Waals surface area contributed by atoms with Crippen LogP contribution in [0.5, 0.6) is 0 Å². The van der Waals surface area contributed by atoms with Crippen molar-refractivity contribution in [3.63, 3.8) is 0 Å². The van der Waals surface area contributed by atoms with Crippen LogP contribution in [0.25, 0.3) is 11.5 Å². The van der Waals surface area contributed by atoms with Crippen molar-refractivity contribution < 1.29 is 4.79 Å². The molecule has 21 heavy (non-hydrogen) atoms. The molecule has 0 bridgehead atoms. The van der Waals surface area contributed by atoms with Crippen molar-refractivity contribution in [3.8, 4) is 11.5 Å². The average molecular weight is 281 g/mol. The van der Waals surface area contributed by atoms with Crippen molar-refractivity contribution in [1.29, 1.82) is 0 Å². The van der Waals surface area contributed by atoms with Crippen LogP contribution in [0, 0.1) is 5.41 Å². The summed E-state index contributed by atoms with van der Waals surface area (Å²) < 4.78 is 0. The van der Waals surface area contributed by atoms with Gasteiger partial charge in [0, 0.05) is 18.8 Å². The van der Waals surface area contributed by atoms with Gasteiger partial charge in [-0.2, -0.15) is 0 Å². The molecule has 0 aliphatic heterocycles. The summed E-state index contributed by atoms with van der Waals surface area (Å²) in [5, 5.41) is 0. The van der Waals surface area contributed by atoms with E-state index >= 15 is 0 Å². The van der Waals surface area contributed by atoms with Crippen LogP contribution in [0.3, 0.4) is 0 Å². The van der Waals surface area contributed by atoms with Gasteiger partial charge in [0.05, 0.1) is 11.3 Å². The predicted molar refractivity (Wildman–Crippen MR) is 81.1 cm³/mol. The van der Waals surface area contributed by atoms with Crippen molar-refractivity contribution in [2.45, 2.75) is 40.0 Å². The summed E-state index contributed by atoms with van der Waals surface area (Å²) in [4.78, 5) is 25.6. The third kappa shape index (κ3) is 2.58. The molecule has 0 fully saturated rings. The number of carbonyl (C=O) groups excluding carboxylic acids is 1. The van der Waals surface area contributed by atoms with Gasteiger partial charge in [-0.3, -0.25) is 9.78 Å². The van der Waals surface area contributed by atoms with Crippen LogP contribution >= 0.6 is 0 Å². The first-order valence-corrected chi connectivity index (χ1v) is 7.33. The molecule has 0 spiro atoms. The molecule has 0 saturated heterocycles. The predicted octanol–water partition coefficient (Wildman–Crippen LogP) is 3.26. The highest BCUT2D eigenvalue weighted by Gasteiger charge is 2.32. The minimum Gasteiger partial charge on any atom is -0.294 e. The second-order valence-electron chi connectivity index (χ2n) is 6.36. The molecule has 4 nitrogen and oxygen atoms in total. The molecule has 2 aromatic heterocycles. The second-order valence-corrected chi connectivity index (χ2v) is 6.36. The van der Waals surface area contributed by atoms with Gasteiger partial charge >= 0.3 is 0 Å². The summed E-state index contributed by atoms with van der Waals surface area (Å²) in [6, 6.07) is 3.97. The van der Waals surface area contributed by atoms with Crippen molar-refractivity contribution in [3.05, 3.63) is 41.3 Å². The average Bonchev–Trinajstić information content (AvgIpc) is 2.45. The Morgan fingerprint density at radius 2 is 2.05 bits per heavy atom. The zero-order valence-corrected chi connectivity index (χ0v) is 12.7. The number of ketones is 1. The number of hydrogen-bond acceptors (Lipinski definition) is 4. The Morgan fingerprint density at radius 1 is 1.24 bits per heavy atom. The molecule has 0 unspecified atom stereocenters.